The summed E-state index contributed by atoms with van der Waals surface area (Å²) in [5, 5.41) is 3.54. The molecule has 6 rings (SSSR count). The van der Waals surface area contributed by atoms with Gasteiger partial charge >= 0.3 is 5.69 Å². The topological polar surface area (TPSA) is 64.7 Å². The predicted molar refractivity (Wildman–Crippen MR) is 102 cm³/mol. The molecule has 26 heavy (non-hydrogen) atoms. The lowest BCUT2D eigenvalue weighted by atomic mass is 9.60. The van der Waals surface area contributed by atoms with Crippen molar-refractivity contribution < 1.29 is 0 Å². The molecule has 1 atom stereocenters. The van der Waals surface area contributed by atoms with Crippen LogP contribution in [0.1, 0.15) is 71.0 Å². The molecule has 3 heterocycles. The van der Waals surface area contributed by atoms with E-state index in [-0.39, 0.29) is 11.1 Å². The number of nitrogens with zero attached hydrogens (tertiary/aromatic N) is 4. The monoisotopic (exact) mass is 355 g/mol. The number of anilines is 1. The van der Waals surface area contributed by atoms with Crippen LogP contribution >= 0.6 is 0 Å². The van der Waals surface area contributed by atoms with Crippen molar-refractivity contribution in [3.8, 4) is 11.5 Å². The van der Waals surface area contributed by atoms with Crippen LogP contribution in [0.5, 0.6) is 0 Å². The lowest BCUT2D eigenvalue weighted by Gasteiger charge is -2.44. The van der Waals surface area contributed by atoms with E-state index in [4.69, 9.17) is 9.97 Å². The first-order valence-corrected chi connectivity index (χ1v) is 10.4. The number of aromatic nitrogens is 4. The molecule has 1 N–H and O–H groups in total. The molecular formula is C20H29N5O. The normalized spacial score (nSPS) is 29.9. The summed E-state index contributed by atoms with van der Waals surface area (Å²) in [7, 11) is 0. The molecule has 3 fully saturated rings. The van der Waals surface area contributed by atoms with Gasteiger partial charge in [-0.3, -0.25) is 9.13 Å². The molecule has 0 spiro atoms. The van der Waals surface area contributed by atoms with Crippen LogP contribution < -0.4 is 11.0 Å². The van der Waals surface area contributed by atoms with E-state index in [1.807, 2.05) is 9.13 Å². The van der Waals surface area contributed by atoms with E-state index < -0.39 is 0 Å². The third kappa shape index (κ3) is 2.20. The van der Waals surface area contributed by atoms with Crippen LogP contribution in [0.3, 0.4) is 0 Å². The minimum absolute atomic E-state index is 0.0640. The van der Waals surface area contributed by atoms with E-state index in [1.54, 1.807) is 0 Å². The number of nitrogens with one attached hydrogen (secondary N) is 1. The molecule has 0 aromatic carbocycles. The highest BCUT2D eigenvalue weighted by atomic mass is 16.1. The highest BCUT2D eigenvalue weighted by Crippen LogP contribution is 2.51. The van der Waals surface area contributed by atoms with Crippen LogP contribution in [0, 0.1) is 5.92 Å². The van der Waals surface area contributed by atoms with Crippen LogP contribution in [0.4, 0.5) is 5.82 Å². The van der Waals surface area contributed by atoms with Crippen molar-refractivity contribution >= 4 is 5.82 Å². The van der Waals surface area contributed by atoms with Crippen molar-refractivity contribution in [3.63, 3.8) is 0 Å². The maximum atomic E-state index is 13.1. The fourth-order valence-corrected chi connectivity index (χ4v) is 5.39. The Labute approximate surface area is 154 Å². The fraction of sp³-hybridized carbons (Fsp3) is 0.750. The second-order valence-electron chi connectivity index (χ2n) is 8.62. The number of fused-ring (bicyclic) bond motifs is 6. The van der Waals surface area contributed by atoms with E-state index in [2.05, 4.69) is 19.2 Å². The van der Waals surface area contributed by atoms with E-state index in [0.717, 1.165) is 48.5 Å². The Balaban J connectivity index is 1.69. The molecule has 0 amide bonds. The smallest absolute Gasteiger partial charge is 0.331 e. The molecule has 3 aliphatic carbocycles. The maximum Gasteiger partial charge on any atom is 0.331 e. The van der Waals surface area contributed by atoms with Crippen LogP contribution in [-0.2, 0) is 18.5 Å². The molecular weight excluding hydrogens is 326 g/mol. The number of rotatable bonds is 4. The summed E-state index contributed by atoms with van der Waals surface area (Å²) in [5.41, 5.74) is 1.13. The molecule has 1 unspecified atom stereocenters. The molecule has 6 nitrogen and oxygen atoms in total. The fourth-order valence-electron chi connectivity index (χ4n) is 5.39. The zero-order valence-electron chi connectivity index (χ0n) is 15.9. The van der Waals surface area contributed by atoms with Crippen LogP contribution in [0.2, 0.25) is 0 Å². The first kappa shape index (κ1) is 16.3. The minimum Gasteiger partial charge on any atom is -0.365 e. The number of imidazole rings is 1. The van der Waals surface area contributed by atoms with Crippen molar-refractivity contribution in [1.29, 1.82) is 0 Å². The minimum atomic E-state index is 0.0640. The maximum absolute atomic E-state index is 13.1. The third-order valence-electron chi connectivity index (χ3n) is 7.10. The summed E-state index contributed by atoms with van der Waals surface area (Å²) < 4.78 is 3.75. The Morgan fingerprint density at radius 3 is 2.54 bits per heavy atom. The second-order valence-corrected chi connectivity index (χ2v) is 8.62. The molecule has 6 aliphatic rings. The standard InChI is InChI=1S/C20H29N5O/c1-3-11-24-17-15(16-21-14(4-2)12-25(16)19(24)26)22-18(23-17)20-8-5-13(6-9-20)7-10-20/h13-14,21H,3-12H2,1-2H3. The second kappa shape index (κ2) is 5.83. The van der Waals surface area contributed by atoms with E-state index >= 15 is 0 Å². The van der Waals surface area contributed by atoms with Gasteiger partial charge in [0.05, 0.1) is 0 Å². The van der Waals surface area contributed by atoms with Gasteiger partial charge in [-0.1, -0.05) is 13.8 Å². The molecule has 0 radical (unpaired) electrons. The highest BCUT2D eigenvalue weighted by molar-refractivity contribution is 5.70. The Morgan fingerprint density at radius 2 is 1.88 bits per heavy atom. The van der Waals surface area contributed by atoms with Gasteiger partial charge < -0.3 is 5.32 Å². The van der Waals surface area contributed by atoms with Crippen molar-refractivity contribution in [1.82, 2.24) is 19.1 Å². The lowest BCUT2D eigenvalue weighted by Crippen LogP contribution is -2.38. The SMILES string of the molecule is CCCn1c2nc(C34CCC(CC3)CC4)nc-2c2n(c1=O)CC(CC)N2. The van der Waals surface area contributed by atoms with Crippen molar-refractivity contribution in [2.45, 2.75) is 89.8 Å². The predicted octanol–water partition coefficient (Wildman–Crippen LogP) is 3.38. The molecule has 0 aromatic rings. The van der Waals surface area contributed by atoms with E-state index in [1.165, 1.54) is 38.5 Å². The van der Waals surface area contributed by atoms with Gasteiger partial charge in [0.15, 0.2) is 5.82 Å². The van der Waals surface area contributed by atoms with Gasteiger partial charge in [0.1, 0.15) is 17.3 Å². The summed E-state index contributed by atoms with van der Waals surface area (Å²) in [6, 6.07) is 0.312. The summed E-state index contributed by atoms with van der Waals surface area (Å²) in [6.07, 6.45) is 9.52. The van der Waals surface area contributed by atoms with E-state index in [0.29, 0.717) is 12.6 Å². The van der Waals surface area contributed by atoms with Gasteiger partial charge in [-0.25, -0.2) is 14.8 Å². The quantitative estimate of drug-likeness (QED) is 0.913. The Bertz CT molecular complexity index is 844. The van der Waals surface area contributed by atoms with Gasteiger partial charge in [-0.15, -0.1) is 0 Å². The van der Waals surface area contributed by atoms with Crippen molar-refractivity contribution in [2.75, 3.05) is 5.32 Å². The molecule has 6 heteroatoms. The number of hydrogen-bond acceptors (Lipinski definition) is 4. The zero-order valence-corrected chi connectivity index (χ0v) is 15.9. The highest BCUT2D eigenvalue weighted by Gasteiger charge is 2.45. The Hall–Kier alpha value is -1.85. The van der Waals surface area contributed by atoms with Crippen molar-refractivity contribution in [3.05, 3.63) is 16.3 Å². The van der Waals surface area contributed by atoms with E-state index in [9.17, 15) is 4.79 Å². The summed E-state index contributed by atoms with van der Waals surface area (Å²) in [6.45, 7) is 5.72. The van der Waals surface area contributed by atoms with Gasteiger partial charge in [-0.05, 0) is 57.3 Å². The first-order valence-electron chi connectivity index (χ1n) is 10.4. The summed E-state index contributed by atoms with van der Waals surface area (Å²) in [4.78, 5) is 23.2. The molecule has 2 bridgehead atoms. The lowest BCUT2D eigenvalue weighted by molar-refractivity contribution is 0.129. The third-order valence-corrected chi connectivity index (χ3v) is 7.10. The molecule has 3 aliphatic heterocycles. The van der Waals surface area contributed by atoms with Gasteiger partial charge in [-0.2, -0.15) is 0 Å². The van der Waals surface area contributed by atoms with Crippen molar-refractivity contribution in [2.24, 2.45) is 5.92 Å². The van der Waals surface area contributed by atoms with Gasteiger partial charge in [0.25, 0.3) is 0 Å². The average Bonchev–Trinajstić information content (AvgIpc) is 3.31. The Kier molecular flexibility index (Phi) is 3.66. The molecule has 0 aromatic heterocycles. The average molecular weight is 355 g/mol. The molecule has 140 valence electrons. The first-order chi connectivity index (χ1) is 12.6. The largest absolute Gasteiger partial charge is 0.365 e. The van der Waals surface area contributed by atoms with Crippen LogP contribution in [0.25, 0.3) is 11.5 Å². The summed E-state index contributed by atoms with van der Waals surface area (Å²) >= 11 is 0. The molecule has 0 saturated heterocycles. The number of hydrogen-bond donors (Lipinski definition) is 1. The molecule has 3 saturated carbocycles. The van der Waals surface area contributed by atoms with Gasteiger partial charge in [0, 0.05) is 24.5 Å². The van der Waals surface area contributed by atoms with Crippen LogP contribution in [-0.4, -0.2) is 25.1 Å². The Morgan fingerprint density at radius 1 is 1.15 bits per heavy atom. The summed E-state index contributed by atoms with van der Waals surface area (Å²) in [5.74, 6) is 3.62. The van der Waals surface area contributed by atoms with Crippen LogP contribution in [0.15, 0.2) is 4.79 Å². The zero-order chi connectivity index (χ0) is 17.9. The van der Waals surface area contributed by atoms with Gasteiger partial charge in [0.2, 0.25) is 0 Å².